The van der Waals surface area contributed by atoms with E-state index in [1.165, 1.54) is 25.6 Å². The van der Waals surface area contributed by atoms with Crippen molar-refractivity contribution in [2.24, 2.45) is 0 Å². The number of nitrogens with zero attached hydrogens (tertiary/aromatic N) is 1. The molecule has 0 radical (unpaired) electrons. The van der Waals surface area contributed by atoms with Crippen LogP contribution in [0.3, 0.4) is 0 Å². The number of carboxylic acid groups (broad SMARTS) is 1. The van der Waals surface area contributed by atoms with Gasteiger partial charge in [-0.2, -0.15) is 0 Å². The van der Waals surface area contributed by atoms with Crippen molar-refractivity contribution in [2.75, 3.05) is 7.11 Å². The molecule has 92 valence electrons. The Balaban J connectivity index is 2.38. The van der Waals surface area contributed by atoms with Crippen LogP contribution >= 0.6 is 0 Å². The molecule has 0 spiro atoms. The Bertz CT molecular complexity index is 604. The van der Waals surface area contributed by atoms with Gasteiger partial charge in [0.1, 0.15) is 5.69 Å². The zero-order chi connectivity index (χ0) is 13.1. The zero-order valence-corrected chi connectivity index (χ0v) is 9.51. The summed E-state index contributed by atoms with van der Waals surface area (Å²) in [7, 11) is 1.42. The van der Waals surface area contributed by atoms with Crippen LogP contribution in [-0.2, 0) is 0 Å². The van der Waals surface area contributed by atoms with E-state index in [1.807, 2.05) is 0 Å². The maximum absolute atomic E-state index is 12.1. The van der Waals surface area contributed by atoms with Crippen LogP contribution in [0.2, 0.25) is 0 Å². The first-order valence-electron chi connectivity index (χ1n) is 5.09. The van der Waals surface area contributed by atoms with Crippen LogP contribution in [0, 0.1) is 0 Å². The summed E-state index contributed by atoms with van der Waals surface area (Å²) in [6, 6.07) is 4.46. The van der Waals surface area contributed by atoms with Crippen molar-refractivity contribution in [1.29, 1.82) is 0 Å². The molecule has 2 heterocycles. The molecule has 2 aromatic rings. The number of nitrogens with one attached hydrogen (secondary N) is 1. The predicted octanol–water partition coefficient (Wildman–Crippen LogP) is 1.35. The van der Waals surface area contributed by atoms with Gasteiger partial charge in [-0.05, 0) is 18.2 Å². The van der Waals surface area contributed by atoms with Crippen LogP contribution in [0.15, 0.2) is 30.6 Å². The van der Waals surface area contributed by atoms with Gasteiger partial charge in [0.15, 0.2) is 5.78 Å². The Labute approximate surface area is 102 Å². The largest absolute Gasteiger partial charge is 0.480 e. The Hall–Kier alpha value is -2.63. The minimum absolute atomic E-state index is 0.0405. The van der Waals surface area contributed by atoms with Gasteiger partial charge in [0.05, 0.1) is 12.7 Å². The number of ether oxygens (including phenoxy) is 1. The van der Waals surface area contributed by atoms with Crippen molar-refractivity contribution in [3.8, 4) is 5.88 Å². The van der Waals surface area contributed by atoms with E-state index >= 15 is 0 Å². The van der Waals surface area contributed by atoms with E-state index in [2.05, 4.69) is 9.97 Å². The van der Waals surface area contributed by atoms with Gasteiger partial charge in [0.25, 0.3) is 0 Å². The van der Waals surface area contributed by atoms with Gasteiger partial charge in [0, 0.05) is 18.0 Å². The van der Waals surface area contributed by atoms with Gasteiger partial charge < -0.3 is 14.8 Å². The number of aromatic nitrogens is 2. The fourth-order valence-electron chi connectivity index (χ4n) is 1.53. The predicted molar refractivity (Wildman–Crippen MR) is 62.0 cm³/mol. The minimum atomic E-state index is -1.12. The highest BCUT2D eigenvalue weighted by atomic mass is 16.5. The summed E-state index contributed by atoms with van der Waals surface area (Å²) in [5.74, 6) is -1.25. The van der Waals surface area contributed by atoms with E-state index in [0.717, 1.165) is 0 Å². The van der Waals surface area contributed by atoms with E-state index < -0.39 is 5.97 Å². The first-order chi connectivity index (χ1) is 8.63. The molecule has 0 amide bonds. The second-order valence-electron chi connectivity index (χ2n) is 3.50. The molecule has 0 unspecified atom stereocenters. The summed E-state index contributed by atoms with van der Waals surface area (Å²) < 4.78 is 4.98. The van der Waals surface area contributed by atoms with Crippen LogP contribution in [0.1, 0.15) is 26.4 Å². The van der Waals surface area contributed by atoms with Crippen LogP contribution in [0.4, 0.5) is 0 Å². The van der Waals surface area contributed by atoms with Gasteiger partial charge in [-0.1, -0.05) is 0 Å². The maximum atomic E-state index is 12.1. The topological polar surface area (TPSA) is 92.3 Å². The molecule has 0 atom stereocenters. The van der Waals surface area contributed by atoms with Crippen LogP contribution in [0.5, 0.6) is 5.88 Å². The molecule has 0 aliphatic carbocycles. The zero-order valence-electron chi connectivity index (χ0n) is 9.51. The number of carbonyl (C=O) groups excluding carboxylic acids is 1. The highest BCUT2D eigenvalue weighted by molar-refractivity contribution is 6.11. The molecule has 0 saturated carbocycles. The van der Waals surface area contributed by atoms with Gasteiger partial charge in [0.2, 0.25) is 5.88 Å². The van der Waals surface area contributed by atoms with Crippen molar-refractivity contribution in [2.45, 2.75) is 0 Å². The molecule has 2 rings (SSSR count). The fourth-order valence-corrected chi connectivity index (χ4v) is 1.53. The number of hydrogen-bond acceptors (Lipinski definition) is 4. The first-order valence-corrected chi connectivity index (χ1v) is 5.09. The van der Waals surface area contributed by atoms with Crippen molar-refractivity contribution in [3.63, 3.8) is 0 Å². The number of methoxy groups -OCH3 is 1. The molecule has 6 heteroatoms. The quantitative estimate of drug-likeness (QED) is 0.794. The van der Waals surface area contributed by atoms with E-state index in [0.29, 0.717) is 0 Å². The van der Waals surface area contributed by atoms with Gasteiger partial charge in [-0.3, -0.25) is 4.79 Å². The Kier molecular flexibility index (Phi) is 3.09. The van der Waals surface area contributed by atoms with E-state index in [4.69, 9.17) is 9.84 Å². The lowest BCUT2D eigenvalue weighted by molar-refractivity contribution is 0.0691. The fraction of sp³-hybridized carbons (Fsp3) is 0.0833. The highest BCUT2D eigenvalue weighted by Crippen LogP contribution is 2.18. The van der Waals surface area contributed by atoms with Crippen molar-refractivity contribution >= 4 is 11.8 Å². The number of hydrogen-bond donors (Lipinski definition) is 2. The number of ketones is 1. The summed E-state index contributed by atoms with van der Waals surface area (Å²) in [6.45, 7) is 0. The van der Waals surface area contributed by atoms with E-state index in [1.54, 1.807) is 12.1 Å². The third-order valence-electron chi connectivity index (χ3n) is 2.38. The average Bonchev–Trinajstić information content (AvgIpc) is 2.87. The summed E-state index contributed by atoms with van der Waals surface area (Å²) in [4.78, 5) is 29.3. The van der Waals surface area contributed by atoms with Crippen molar-refractivity contribution < 1.29 is 19.4 Å². The molecule has 0 aromatic carbocycles. The van der Waals surface area contributed by atoms with Gasteiger partial charge in [-0.15, -0.1) is 0 Å². The third-order valence-corrected chi connectivity index (χ3v) is 2.38. The lowest BCUT2D eigenvalue weighted by Crippen LogP contribution is -2.04. The number of carboxylic acids is 1. The molecular formula is C12H10N2O4. The smallest absolute Gasteiger partial charge is 0.352 e. The van der Waals surface area contributed by atoms with Crippen LogP contribution < -0.4 is 4.74 Å². The molecule has 0 aliphatic rings. The lowest BCUT2D eigenvalue weighted by atomic mass is 10.1. The van der Waals surface area contributed by atoms with Gasteiger partial charge >= 0.3 is 5.97 Å². The van der Waals surface area contributed by atoms with E-state index in [9.17, 15) is 9.59 Å². The van der Waals surface area contributed by atoms with Crippen LogP contribution in [0.25, 0.3) is 0 Å². The Morgan fingerprint density at radius 2 is 2.22 bits per heavy atom. The molecule has 6 nitrogen and oxygen atoms in total. The average molecular weight is 246 g/mol. The summed E-state index contributed by atoms with van der Waals surface area (Å²) in [5.41, 5.74) is 0.496. The summed E-state index contributed by atoms with van der Waals surface area (Å²) in [6.07, 6.45) is 2.85. The number of pyridine rings is 1. The molecule has 18 heavy (non-hydrogen) atoms. The third kappa shape index (κ3) is 2.08. The maximum Gasteiger partial charge on any atom is 0.352 e. The summed E-state index contributed by atoms with van der Waals surface area (Å²) in [5, 5.41) is 8.77. The number of rotatable bonds is 4. The van der Waals surface area contributed by atoms with Crippen molar-refractivity contribution in [1.82, 2.24) is 9.97 Å². The lowest BCUT2D eigenvalue weighted by Gasteiger charge is -2.04. The SMILES string of the molecule is COc1ncccc1C(=O)c1c[nH]c(C(=O)O)c1. The Morgan fingerprint density at radius 3 is 2.83 bits per heavy atom. The second kappa shape index (κ2) is 4.70. The normalized spacial score (nSPS) is 10.1. The Morgan fingerprint density at radius 1 is 1.44 bits per heavy atom. The minimum Gasteiger partial charge on any atom is -0.480 e. The number of H-pyrrole nitrogens is 1. The summed E-state index contributed by atoms with van der Waals surface area (Å²) >= 11 is 0. The first kappa shape index (κ1) is 11.8. The molecule has 2 aromatic heterocycles. The van der Waals surface area contributed by atoms with Gasteiger partial charge in [-0.25, -0.2) is 9.78 Å². The standard InChI is InChI=1S/C12H10N2O4/c1-18-11-8(3-2-4-13-11)10(15)7-5-9(12(16)17)14-6-7/h2-6,14H,1H3,(H,16,17). The molecule has 0 saturated heterocycles. The van der Waals surface area contributed by atoms with Crippen LogP contribution in [-0.4, -0.2) is 33.9 Å². The molecule has 0 bridgehead atoms. The molecule has 0 aliphatic heterocycles. The highest BCUT2D eigenvalue weighted by Gasteiger charge is 2.17. The number of carbonyl (C=O) groups is 2. The monoisotopic (exact) mass is 246 g/mol. The van der Waals surface area contributed by atoms with E-state index in [-0.39, 0.29) is 28.5 Å². The second-order valence-corrected chi connectivity index (χ2v) is 3.50. The molecular weight excluding hydrogens is 236 g/mol. The molecule has 0 fully saturated rings. The van der Waals surface area contributed by atoms with Crippen molar-refractivity contribution in [3.05, 3.63) is 47.4 Å². The molecule has 2 N–H and O–H groups in total. The number of aromatic amines is 1. The number of aromatic carboxylic acids is 1.